The zero-order valence-corrected chi connectivity index (χ0v) is 13.5. The van der Waals surface area contributed by atoms with Crippen LogP contribution in [0.5, 0.6) is 0 Å². The fourth-order valence-corrected chi connectivity index (χ4v) is 3.45. The lowest BCUT2D eigenvalue weighted by Gasteiger charge is -2.17. The Morgan fingerprint density at radius 3 is 2.35 bits per heavy atom. The van der Waals surface area contributed by atoms with Crippen LogP contribution in [0.2, 0.25) is 5.02 Å². The SMILES string of the molecule is CCOC(OCC)[C@@H]1[C@@H](c2ccc(F)c(Cl)c2)C1(Cl)Cl. The summed E-state index contributed by atoms with van der Waals surface area (Å²) in [7, 11) is 0. The molecule has 0 aliphatic heterocycles. The number of ether oxygens (including phenoxy) is 2. The Balaban J connectivity index is 2.21. The number of alkyl halides is 2. The highest BCUT2D eigenvalue weighted by Crippen LogP contribution is 2.67. The minimum Gasteiger partial charge on any atom is -0.353 e. The molecule has 1 aromatic carbocycles. The van der Waals surface area contributed by atoms with Crippen LogP contribution >= 0.6 is 34.8 Å². The molecule has 0 radical (unpaired) electrons. The molecule has 1 saturated carbocycles. The zero-order chi connectivity index (χ0) is 14.9. The van der Waals surface area contributed by atoms with E-state index in [0.717, 1.165) is 5.56 Å². The summed E-state index contributed by atoms with van der Waals surface area (Å²) < 4.78 is 23.3. The van der Waals surface area contributed by atoms with Crippen molar-refractivity contribution in [3.8, 4) is 0 Å². The molecule has 2 nitrogen and oxygen atoms in total. The van der Waals surface area contributed by atoms with Gasteiger partial charge in [0, 0.05) is 19.1 Å². The van der Waals surface area contributed by atoms with Crippen LogP contribution in [0.4, 0.5) is 4.39 Å². The predicted molar refractivity (Wildman–Crippen MR) is 79.1 cm³/mol. The zero-order valence-electron chi connectivity index (χ0n) is 11.2. The second-order valence-corrected chi connectivity index (χ2v) is 6.48. The molecule has 0 spiro atoms. The van der Waals surface area contributed by atoms with E-state index < -0.39 is 16.4 Å². The normalized spacial score (nSPS) is 24.1. The lowest BCUT2D eigenvalue weighted by atomic mass is 10.1. The molecule has 2 atom stereocenters. The topological polar surface area (TPSA) is 18.5 Å². The Morgan fingerprint density at radius 2 is 1.85 bits per heavy atom. The lowest BCUT2D eigenvalue weighted by molar-refractivity contribution is -0.149. The summed E-state index contributed by atoms with van der Waals surface area (Å²) in [6.07, 6.45) is -0.478. The molecule has 6 heteroatoms. The van der Waals surface area contributed by atoms with Crippen LogP contribution in [-0.4, -0.2) is 23.8 Å². The van der Waals surface area contributed by atoms with Crippen molar-refractivity contribution in [2.24, 2.45) is 5.92 Å². The predicted octanol–water partition coefficient (Wildman–Crippen LogP) is 4.77. The summed E-state index contributed by atoms with van der Waals surface area (Å²) in [6, 6.07) is 4.50. The van der Waals surface area contributed by atoms with Crippen LogP contribution < -0.4 is 0 Å². The highest BCUT2D eigenvalue weighted by molar-refractivity contribution is 6.52. The van der Waals surface area contributed by atoms with Gasteiger partial charge in [0.05, 0.1) is 10.9 Å². The molecule has 1 aromatic rings. The van der Waals surface area contributed by atoms with E-state index >= 15 is 0 Å². The Bertz CT molecular complexity index is 475. The van der Waals surface area contributed by atoms with Crippen LogP contribution in [0.1, 0.15) is 25.3 Å². The van der Waals surface area contributed by atoms with Crippen molar-refractivity contribution < 1.29 is 13.9 Å². The van der Waals surface area contributed by atoms with Gasteiger partial charge in [-0.3, -0.25) is 0 Å². The molecule has 1 aliphatic rings. The number of rotatable bonds is 6. The fraction of sp³-hybridized carbons (Fsp3) is 0.571. The van der Waals surface area contributed by atoms with Gasteiger partial charge in [0.15, 0.2) is 6.29 Å². The van der Waals surface area contributed by atoms with Gasteiger partial charge in [0.25, 0.3) is 0 Å². The third-order valence-electron chi connectivity index (χ3n) is 3.37. The minimum atomic E-state index is -0.990. The summed E-state index contributed by atoms with van der Waals surface area (Å²) >= 11 is 18.5. The van der Waals surface area contributed by atoms with E-state index in [0.29, 0.717) is 13.2 Å². The first-order valence-corrected chi connectivity index (χ1v) is 7.62. The number of benzene rings is 1. The van der Waals surface area contributed by atoms with E-state index in [2.05, 4.69) is 0 Å². The van der Waals surface area contributed by atoms with Crippen LogP contribution in [-0.2, 0) is 9.47 Å². The van der Waals surface area contributed by atoms with E-state index in [-0.39, 0.29) is 16.9 Å². The highest BCUT2D eigenvalue weighted by atomic mass is 35.5. The molecule has 1 fully saturated rings. The van der Waals surface area contributed by atoms with Crippen LogP contribution in [0.25, 0.3) is 0 Å². The molecule has 112 valence electrons. The van der Waals surface area contributed by atoms with Crippen LogP contribution in [0.3, 0.4) is 0 Å². The third kappa shape index (κ3) is 3.07. The molecule has 0 bridgehead atoms. The third-order valence-corrected chi connectivity index (χ3v) is 4.63. The molecule has 0 heterocycles. The standard InChI is InChI=1S/C14H16Cl3FO2/c1-3-19-13(20-4-2)12-11(14(12,16)17)8-5-6-10(18)9(15)7-8/h5-7,11-13H,3-4H2,1-2H3/t11-,12+/m1/s1. The molecular formula is C14H16Cl3FO2. The minimum absolute atomic E-state index is 0.0571. The highest BCUT2D eigenvalue weighted by Gasteiger charge is 2.67. The van der Waals surface area contributed by atoms with Gasteiger partial charge in [-0.1, -0.05) is 17.7 Å². The lowest BCUT2D eigenvalue weighted by Crippen LogP contribution is -2.22. The fourth-order valence-electron chi connectivity index (χ4n) is 2.41. The summed E-state index contributed by atoms with van der Waals surface area (Å²) in [5, 5.41) is 0.0571. The van der Waals surface area contributed by atoms with Gasteiger partial charge in [-0.2, -0.15) is 0 Å². The van der Waals surface area contributed by atoms with Crippen molar-refractivity contribution in [2.75, 3.05) is 13.2 Å². The van der Waals surface area contributed by atoms with Crippen molar-refractivity contribution >= 4 is 34.8 Å². The van der Waals surface area contributed by atoms with E-state index in [1.807, 2.05) is 13.8 Å². The van der Waals surface area contributed by atoms with Crippen molar-refractivity contribution in [2.45, 2.75) is 30.4 Å². The first-order chi connectivity index (χ1) is 9.43. The molecular weight excluding hydrogens is 326 g/mol. The second kappa shape index (κ2) is 6.37. The monoisotopic (exact) mass is 340 g/mol. The molecule has 2 rings (SSSR count). The maximum absolute atomic E-state index is 13.2. The molecule has 20 heavy (non-hydrogen) atoms. The summed E-state index contributed by atoms with van der Waals surface area (Å²) in [4.78, 5) is 0. The van der Waals surface area contributed by atoms with Gasteiger partial charge >= 0.3 is 0 Å². The van der Waals surface area contributed by atoms with Crippen molar-refractivity contribution in [1.82, 2.24) is 0 Å². The second-order valence-electron chi connectivity index (χ2n) is 4.63. The van der Waals surface area contributed by atoms with Gasteiger partial charge in [-0.25, -0.2) is 4.39 Å². The van der Waals surface area contributed by atoms with Gasteiger partial charge < -0.3 is 9.47 Å². The Labute approximate surface area is 133 Å². The maximum Gasteiger partial charge on any atom is 0.163 e. The molecule has 0 N–H and O–H groups in total. The Morgan fingerprint density at radius 1 is 1.25 bits per heavy atom. The average Bonchev–Trinajstić information content (AvgIpc) is 2.95. The average molecular weight is 342 g/mol. The molecule has 0 amide bonds. The van der Waals surface area contributed by atoms with Gasteiger partial charge in [0.1, 0.15) is 10.2 Å². The first-order valence-electron chi connectivity index (χ1n) is 6.49. The summed E-state index contributed by atoms with van der Waals surface area (Å²) in [5.74, 6) is -0.854. The smallest absolute Gasteiger partial charge is 0.163 e. The molecule has 0 saturated heterocycles. The number of halogens is 4. The summed E-state index contributed by atoms with van der Waals surface area (Å²) in [5.41, 5.74) is 0.788. The van der Waals surface area contributed by atoms with Gasteiger partial charge in [0.2, 0.25) is 0 Å². The van der Waals surface area contributed by atoms with Crippen molar-refractivity contribution in [3.63, 3.8) is 0 Å². The Hall–Kier alpha value is -0.0600. The Kier molecular flexibility index (Phi) is 5.19. The van der Waals surface area contributed by atoms with Crippen molar-refractivity contribution in [3.05, 3.63) is 34.6 Å². The van der Waals surface area contributed by atoms with E-state index in [4.69, 9.17) is 44.3 Å². The molecule has 0 unspecified atom stereocenters. The number of hydrogen-bond donors (Lipinski definition) is 0. The van der Waals surface area contributed by atoms with E-state index in [1.165, 1.54) is 6.07 Å². The van der Waals surface area contributed by atoms with Crippen molar-refractivity contribution in [1.29, 1.82) is 0 Å². The van der Waals surface area contributed by atoms with Crippen LogP contribution in [0.15, 0.2) is 18.2 Å². The maximum atomic E-state index is 13.2. The van der Waals surface area contributed by atoms with E-state index in [9.17, 15) is 4.39 Å². The summed E-state index contributed by atoms with van der Waals surface area (Å²) in [6.45, 7) is 4.76. The van der Waals surface area contributed by atoms with Gasteiger partial charge in [-0.15, -0.1) is 23.2 Å². The van der Waals surface area contributed by atoms with Gasteiger partial charge in [-0.05, 0) is 31.5 Å². The molecule has 1 aliphatic carbocycles. The van der Waals surface area contributed by atoms with E-state index in [1.54, 1.807) is 12.1 Å². The largest absolute Gasteiger partial charge is 0.353 e. The quantitative estimate of drug-likeness (QED) is 0.548. The first kappa shape index (κ1) is 16.3. The van der Waals surface area contributed by atoms with Crippen LogP contribution in [0, 0.1) is 11.7 Å². The number of hydrogen-bond acceptors (Lipinski definition) is 2. The molecule has 0 aromatic heterocycles.